The second kappa shape index (κ2) is 5.47. The van der Waals surface area contributed by atoms with Crippen molar-refractivity contribution in [2.24, 2.45) is 0 Å². The van der Waals surface area contributed by atoms with E-state index in [1.165, 1.54) is 7.11 Å². The first kappa shape index (κ1) is 14.4. The number of rotatable bonds is 2. The summed E-state index contributed by atoms with van der Waals surface area (Å²) in [5.74, 6) is -0.436. The molecule has 0 atom stereocenters. The van der Waals surface area contributed by atoms with Crippen molar-refractivity contribution < 1.29 is 9.53 Å². The van der Waals surface area contributed by atoms with E-state index in [4.69, 9.17) is 4.74 Å². The molecule has 0 saturated carbocycles. The predicted molar refractivity (Wildman–Crippen MR) is 96.0 cm³/mol. The summed E-state index contributed by atoms with van der Waals surface area (Å²) in [5.41, 5.74) is 3.01. The molecule has 23 heavy (non-hydrogen) atoms. The number of para-hydroxylation sites is 1. The third-order valence-corrected chi connectivity index (χ3v) is 5.33. The monoisotopic (exact) mass is 386 g/mol. The van der Waals surface area contributed by atoms with E-state index in [2.05, 4.69) is 25.9 Å². The summed E-state index contributed by atoms with van der Waals surface area (Å²) in [4.78, 5) is 20.9. The molecule has 3 aromatic heterocycles. The molecule has 4 nitrogen and oxygen atoms in total. The molecule has 0 aliphatic rings. The van der Waals surface area contributed by atoms with Crippen molar-refractivity contribution in [3.05, 3.63) is 51.9 Å². The zero-order valence-electron chi connectivity index (χ0n) is 12.1. The molecule has 4 rings (SSSR count). The molecule has 0 saturated heterocycles. The summed E-state index contributed by atoms with van der Waals surface area (Å²) < 4.78 is 5.87. The maximum absolute atomic E-state index is 12.0. The van der Waals surface area contributed by atoms with Gasteiger partial charge in [-0.15, -0.1) is 11.3 Å². The van der Waals surface area contributed by atoms with Gasteiger partial charge in [-0.3, -0.25) is 0 Å². The third kappa shape index (κ3) is 2.34. The minimum Gasteiger partial charge on any atom is -0.464 e. The van der Waals surface area contributed by atoms with E-state index in [1.54, 1.807) is 17.4 Å². The van der Waals surface area contributed by atoms with Crippen LogP contribution in [-0.2, 0) is 4.74 Å². The van der Waals surface area contributed by atoms with Gasteiger partial charge in [-0.2, -0.15) is 0 Å². The molecule has 0 bridgehead atoms. The molecule has 0 fully saturated rings. The average Bonchev–Trinajstić information content (AvgIpc) is 3.16. The van der Waals surface area contributed by atoms with E-state index < -0.39 is 5.97 Å². The van der Waals surface area contributed by atoms with Crippen LogP contribution in [-0.4, -0.2) is 23.0 Å². The molecule has 3 heterocycles. The van der Waals surface area contributed by atoms with Crippen LogP contribution in [0.3, 0.4) is 0 Å². The Morgan fingerprint density at radius 2 is 2.04 bits per heavy atom. The summed E-state index contributed by atoms with van der Waals surface area (Å²) in [5, 5.41) is 2.03. The van der Waals surface area contributed by atoms with Crippen LogP contribution in [0.25, 0.3) is 32.4 Å². The van der Waals surface area contributed by atoms with Crippen molar-refractivity contribution in [1.82, 2.24) is 9.97 Å². The molecule has 0 spiro atoms. The highest BCUT2D eigenvalue weighted by atomic mass is 79.9. The molecule has 0 aliphatic carbocycles. The van der Waals surface area contributed by atoms with E-state index in [0.717, 1.165) is 36.2 Å². The number of pyridine rings is 1. The van der Waals surface area contributed by atoms with E-state index >= 15 is 0 Å². The first-order valence-corrected chi connectivity index (χ1v) is 8.54. The molecule has 0 amide bonds. The molecule has 114 valence electrons. The Balaban J connectivity index is 2.11. The number of carbonyl (C=O) groups excluding carboxylic acids is 1. The Hall–Kier alpha value is -2.18. The normalized spacial score (nSPS) is 11.2. The van der Waals surface area contributed by atoms with Crippen molar-refractivity contribution in [2.75, 3.05) is 7.11 Å². The molecule has 1 N–H and O–H groups in total. The number of benzene rings is 1. The van der Waals surface area contributed by atoms with Gasteiger partial charge in [0.05, 0.1) is 21.3 Å². The highest BCUT2D eigenvalue weighted by Crippen LogP contribution is 2.37. The zero-order valence-corrected chi connectivity index (χ0v) is 14.5. The lowest BCUT2D eigenvalue weighted by molar-refractivity contribution is 0.0594. The van der Waals surface area contributed by atoms with Crippen LogP contribution >= 0.6 is 27.3 Å². The molecule has 0 radical (unpaired) electrons. The van der Waals surface area contributed by atoms with Crippen LogP contribution in [0.15, 0.2) is 46.3 Å². The van der Waals surface area contributed by atoms with Crippen molar-refractivity contribution in [3.8, 4) is 10.6 Å². The molecule has 1 aromatic carbocycles. The maximum atomic E-state index is 12.0. The number of methoxy groups -OCH3 is 1. The minimum absolute atomic E-state index is 0.310. The van der Waals surface area contributed by atoms with Gasteiger partial charge < -0.3 is 9.72 Å². The molecule has 0 unspecified atom stereocenters. The Labute approximate surface area is 144 Å². The van der Waals surface area contributed by atoms with Gasteiger partial charge in [0.15, 0.2) is 0 Å². The number of esters is 1. The van der Waals surface area contributed by atoms with Gasteiger partial charge in [0, 0.05) is 16.3 Å². The number of fused-ring (bicyclic) bond motifs is 3. The SMILES string of the molecule is COC(=O)c1cc2c([nH]c3ccccc32)c(-c2ccc(Br)s2)n1. The maximum Gasteiger partial charge on any atom is 0.356 e. The van der Waals surface area contributed by atoms with Crippen LogP contribution in [0.4, 0.5) is 0 Å². The van der Waals surface area contributed by atoms with Crippen LogP contribution in [0.1, 0.15) is 10.5 Å². The Bertz CT molecular complexity index is 1050. The molecule has 4 aromatic rings. The van der Waals surface area contributed by atoms with Gasteiger partial charge in [0.25, 0.3) is 0 Å². The van der Waals surface area contributed by atoms with E-state index in [-0.39, 0.29) is 0 Å². The first-order valence-electron chi connectivity index (χ1n) is 6.93. The number of hydrogen-bond donors (Lipinski definition) is 1. The lowest BCUT2D eigenvalue weighted by atomic mass is 10.1. The van der Waals surface area contributed by atoms with Crippen molar-refractivity contribution in [3.63, 3.8) is 0 Å². The average molecular weight is 387 g/mol. The van der Waals surface area contributed by atoms with Gasteiger partial charge in [-0.05, 0) is 40.2 Å². The van der Waals surface area contributed by atoms with Gasteiger partial charge in [-0.1, -0.05) is 18.2 Å². The van der Waals surface area contributed by atoms with Crippen molar-refractivity contribution >= 4 is 55.0 Å². The summed E-state index contributed by atoms with van der Waals surface area (Å²) in [7, 11) is 1.37. The molecule has 6 heteroatoms. The number of thiophene rings is 1. The number of hydrogen-bond acceptors (Lipinski definition) is 4. The fourth-order valence-electron chi connectivity index (χ4n) is 2.67. The number of H-pyrrole nitrogens is 1. The standard InChI is InChI=1S/C17H11BrN2O2S/c1-22-17(21)12-8-10-9-4-2-3-5-11(9)19-15(10)16(20-12)13-6-7-14(18)23-13/h2-8,19H,1H3. The first-order chi connectivity index (χ1) is 11.2. The Kier molecular flexibility index (Phi) is 3.43. The van der Waals surface area contributed by atoms with Gasteiger partial charge in [0.1, 0.15) is 11.4 Å². The molecule has 0 aliphatic heterocycles. The van der Waals surface area contributed by atoms with Gasteiger partial charge >= 0.3 is 5.97 Å². The van der Waals surface area contributed by atoms with Crippen LogP contribution in [0.2, 0.25) is 0 Å². The Morgan fingerprint density at radius 1 is 1.22 bits per heavy atom. The van der Waals surface area contributed by atoms with Crippen molar-refractivity contribution in [2.45, 2.75) is 0 Å². The molecular formula is C17H11BrN2O2S. The highest BCUT2D eigenvalue weighted by Gasteiger charge is 2.18. The smallest absolute Gasteiger partial charge is 0.356 e. The van der Waals surface area contributed by atoms with Crippen LogP contribution in [0, 0.1) is 0 Å². The van der Waals surface area contributed by atoms with E-state index in [9.17, 15) is 4.79 Å². The van der Waals surface area contributed by atoms with E-state index in [0.29, 0.717) is 5.69 Å². The highest BCUT2D eigenvalue weighted by molar-refractivity contribution is 9.11. The number of nitrogens with zero attached hydrogens (tertiary/aromatic N) is 1. The number of aromatic amines is 1. The van der Waals surface area contributed by atoms with E-state index in [1.807, 2.05) is 36.4 Å². The van der Waals surface area contributed by atoms with Gasteiger partial charge in [0.2, 0.25) is 0 Å². The topological polar surface area (TPSA) is 55.0 Å². The number of aromatic nitrogens is 2. The fourth-order valence-corrected chi connectivity index (χ4v) is 4.06. The van der Waals surface area contributed by atoms with Crippen LogP contribution < -0.4 is 0 Å². The predicted octanol–water partition coefficient (Wildman–Crippen LogP) is 4.99. The summed E-state index contributed by atoms with van der Waals surface area (Å²) in [6.07, 6.45) is 0. The number of ether oxygens (including phenoxy) is 1. The molecular weight excluding hydrogens is 376 g/mol. The third-order valence-electron chi connectivity index (χ3n) is 3.70. The van der Waals surface area contributed by atoms with Crippen molar-refractivity contribution in [1.29, 1.82) is 0 Å². The fraction of sp³-hybridized carbons (Fsp3) is 0.0588. The van der Waals surface area contributed by atoms with Crippen LogP contribution in [0.5, 0.6) is 0 Å². The largest absolute Gasteiger partial charge is 0.464 e. The summed E-state index contributed by atoms with van der Waals surface area (Å²) in [6, 6.07) is 13.8. The second-order valence-electron chi connectivity index (χ2n) is 5.04. The second-order valence-corrected chi connectivity index (χ2v) is 7.51. The Morgan fingerprint density at radius 3 is 2.78 bits per heavy atom. The lowest BCUT2D eigenvalue weighted by Crippen LogP contribution is -2.04. The quantitative estimate of drug-likeness (QED) is 0.493. The summed E-state index contributed by atoms with van der Waals surface area (Å²) >= 11 is 5.05. The zero-order chi connectivity index (χ0) is 16.0. The van der Waals surface area contributed by atoms with Gasteiger partial charge in [-0.25, -0.2) is 9.78 Å². The number of halogens is 1. The summed E-state index contributed by atoms with van der Waals surface area (Å²) in [6.45, 7) is 0. The lowest BCUT2D eigenvalue weighted by Gasteiger charge is -2.04. The minimum atomic E-state index is -0.436. The number of nitrogens with one attached hydrogen (secondary N) is 1. The number of carbonyl (C=O) groups is 1.